The number of hydrogen-bond acceptors (Lipinski definition) is 2. The van der Waals surface area contributed by atoms with Crippen LogP contribution in [-0.2, 0) is 0 Å². The second kappa shape index (κ2) is 7.43. The van der Waals surface area contributed by atoms with Gasteiger partial charge in [0.1, 0.15) is 0 Å². The highest BCUT2D eigenvalue weighted by Gasteiger charge is 2.14. The summed E-state index contributed by atoms with van der Waals surface area (Å²) in [5.74, 6) is 2.76. The fourth-order valence-corrected chi connectivity index (χ4v) is 2.06. The van der Waals surface area contributed by atoms with Crippen molar-refractivity contribution in [2.24, 2.45) is 5.73 Å². The van der Waals surface area contributed by atoms with Gasteiger partial charge in [0, 0.05) is 17.6 Å². The Hall–Kier alpha value is -1.01. The number of halogens is 1. The van der Waals surface area contributed by atoms with Crippen molar-refractivity contribution in [3.8, 4) is 12.3 Å². The first-order valence-electron chi connectivity index (χ1n) is 6.30. The molecule has 0 aliphatic heterocycles. The predicted molar refractivity (Wildman–Crippen MR) is 78.6 cm³/mol. The van der Waals surface area contributed by atoms with Crippen LogP contribution in [0.25, 0.3) is 0 Å². The lowest BCUT2D eigenvalue weighted by atomic mass is 10.0. The summed E-state index contributed by atoms with van der Waals surface area (Å²) in [6, 6.07) is 6.12. The van der Waals surface area contributed by atoms with Gasteiger partial charge in [0.05, 0.1) is 6.04 Å². The molecule has 1 aromatic rings. The maximum atomic E-state index is 6.14. The minimum atomic E-state index is 0.0516. The van der Waals surface area contributed by atoms with Gasteiger partial charge in [-0.15, -0.1) is 6.42 Å². The number of nitrogens with one attached hydrogen (secondary N) is 1. The highest BCUT2D eigenvalue weighted by atomic mass is 35.5. The molecule has 1 rings (SSSR count). The van der Waals surface area contributed by atoms with Gasteiger partial charge in [-0.05, 0) is 30.5 Å². The molecule has 0 amide bonds. The lowest BCUT2D eigenvalue weighted by Gasteiger charge is -2.22. The molecule has 2 atom stereocenters. The van der Waals surface area contributed by atoms with E-state index in [1.807, 2.05) is 25.1 Å². The van der Waals surface area contributed by atoms with Crippen LogP contribution in [0.1, 0.15) is 36.9 Å². The molecule has 0 aromatic heterocycles. The van der Waals surface area contributed by atoms with Crippen LogP contribution in [0.5, 0.6) is 0 Å². The molecule has 2 unspecified atom stereocenters. The molecule has 18 heavy (non-hydrogen) atoms. The summed E-state index contributed by atoms with van der Waals surface area (Å²) in [4.78, 5) is 0. The Bertz CT molecular complexity index is 423. The van der Waals surface area contributed by atoms with Gasteiger partial charge in [-0.25, -0.2) is 0 Å². The molecule has 2 nitrogen and oxygen atoms in total. The fourth-order valence-electron chi connectivity index (χ4n) is 1.87. The first-order valence-corrected chi connectivity index (χ1v) is 6.68. The van der Waals surface area contributed by atoms with Gasteiger partial charge in [0.2, 0.25) is 0 Å². The number of benzene rings is 1. The van der Waals surface area contributed by atoms with Gasteiger partial charge < -0.3 is 5.73 Å². The summed E-state index contributed by atoms with van der Waals surface area (Å²) in [5.41, 5.74) is 7.97. The summed E-state index contributed by atoms with van der Waals surface area (Å²) in [6.07, 6.45) is 7.51. The van der Waals surface area contributed by atoms with Crippen molar-refractivity contribution < 1.29 is 0 Å². The molecule has 1 aromatic carbocycles. The van der Waals surface area contributed by atoms with Crippen LogP contribution >= 0.6 is 11.6 Å². The minimum Gasteiger partial charge on any atom is -0.329 e. The molecule has 3 N–H and O–H groups in total. The molecule has 0 radical (unpaired) electrons. The van der Waals surface area contributed by atoms with E-state index in [1.165, 1.54) is 0 Å². The van der Waals surface area contributed by atoms with E-state index in [1.54, 1.807) is 0 Å². The highest BCUT2D eigenvalue weighted by Crippen LogP contribution is 2.21. The average Bonchev–Trinajstić information content (AvgIpc) is 2.38. The summed E-state index contributed by atoms with van der Waals surface area (Å²) in [6.45, 7) is 4.60. The zero-order valence-electron chi connectivity index (χ0n) is 11.0. The lowest BCUT2D eigenvalue weighted by molar-refractivity contribution is 0.475. The topological polar surface area (TPSA) is 38.0 Å². The normalized spacial score (nSPS) is 13.9. The number of nitrogens with two attached hydrogens (primary N) is 1. The van der Waals surface area contributed by atoms with Crippen LogP contribution in [0.3, 0.4) is 0 Å². The maximum Gasteiger partial charge on any atom is 0.0692 e. The number of aryl methyl sites for hydroxylation is 1. The van der Waals surface area contributed by atoms with Crippen molar-refractivity contribution in [2.75, 3.05) is 6.54 Å². The standard InChI is InChI=1S/C15H21ClN2/c1-4-6-13(5-2)18-15(10-17)12-8-7-11(3)14(16)9-12/h2,7-9,13,15,18H,4,6,10,17H2,1,3H3. The molecule has 0 spiro atoms. The van der Waals surface area contributed by atoms with Gasteiger partial charge in [-0.2, -0.15) is 0 Å². The van der Waals surface area contributed by atoms with E-state index in [0.29, 0.717) is 6.54 Å². The third kappa shape index (κ3) is 4.03. The van der Waals surface area contributed by atoms with Gasteiger partial charge in [-0.3, -0.25) is 5.32 Å². The largest absolute Gasteiger partial charge is 0.329 e. The lowest BCUT2D eigenvalue weighted by Crippen LogP contribution is -2.35. The van der Waals surface area contributed by atoms with Crippen molar-refractivity contribution in [1.29, 1.82) is 0 Å². The van der Waals surface area contributed by atoms with Crippen LogP contribution in [0.15, 0.2) is 18.2 Å². The molecule has 0 heterocycles. The molecule has 98 valence electrons. The number of terminal acetylenes is 1. The number of hydrogen-bond donors (Lipinski definition) is 2. The number of rotatable bonds is 6. The first-order chi connectivity index (χ1) is 8.62. The second-order valence-corrected chi connectivity index (χ2v) is 4.88. The Morgan fingerprint density at radius 3 is 2.72 bits per heavy atom. The molecular formula is C15H21ClN2. The SMILES string of the molecule is C#CC(CCC)NC(CN)c1ccc(C)c(Cl)c1. The van der Waals surface area contributed by atoms with E-state index < -0.39 is 0 Å². The summed E-state index contributed by atoms with van der Waals surface area (Å²) in [7, 11) is 0. The van der Waals surface area contributed by atoms with Crippen molar-refractivity contribution in [1.82, 2.24) is 5.32 Å². The zero-order valence-corrected chi connectivity index (χ0v) is 11.8. The first kappa shape index (κ1) is 15.0. The Balaban J connectivity index is 2.82. The minimum absolute atomic E-state index is 0.0516. The van der Waals surface area contributed by atoms with Crippen molar-refractivity contribution in [3.63, 3.8) is 0 Å². The van der Waals surface area contributed by atoms with E-state index in [9.17, 15) is 0 Å². The van der Waals surface area contributed by atoms with Crippen molar-refractivity contribution in [2.45, 2.75) is 38.8 Å². The van der Waals surface area contributed by atoms with E-state index in [0.717, 1.165) is 29.0 Å². The molecular weight excluding hydrogens is 244 g/mol. The smallest absolute Gasteiger partial charge is 0.0692 e. The van der Waals surface area contributed by atoms with Gasteiger partial charge in [0.15, 0.2) is 0 Å². The van der Waals surface area contributed by atoms with Gasteiger partial charge in [-0.1, -0.05) is 43.0 Å². The third-order valence-electron chi connectivity index (χ3n) is 3.01. The van der Waals surface area contributed by atoms with Crippen LogP contribution in [0, 0.1) is 19.3 Å². The molecule has 0 aliphatic rings. The Morgan fingerprint density at radius 1 is 1.50 bits per heavy atom. The van der Waals surface area contributed by atoms with Crippen LogP contribution in [-0.4, -0.2) is 12.6 Å². The molecule has 0 saturated heterocycles. The predicted octanol–water partition coefficient (Wildman–Crippen LogP) is 3.04. The molecule has 0 bridgehead atoms. The van der Waals surface area contributed by atoms with Gasteiger partial charge >= 0.3 is 0 Å². The third-order valence-corrected chi connectivity index (χ3v) is 3.42. The summed E-state index contributed by atoms with van der Waals surface area (Å²) >= 11 is 6.14. The monoisotopic (exact) mass is 264 g/mol. The molecule has 0 fully saturated rings. The van der Waals surface area contributed by atoms with Crippen molar-refractivity contribution >= 4 is 11.6 Å². The summed E-state index contributed by atoms with van der Waals surface area (Å²) < 4.78 is 0. The molecule has 0 saturated carbocycles. The Kier molecular flexibility index (Phi) is 6.21. The van der Waals surface area contributed by atoms with Crippen LogP contribution < -0.4 is 11.1 Å². The Morgan fingerprint density at radius 2 is 2.22 bits per heavy atom. The maximum absolute atomic E-state index is 6.14. The Labute approximate surface area is 115 Å². The van der Waals surface area contributed by atoms with Crippen LogP contribution in [0.2, 0.25) is 5.02 Å². The van der Waals surface area contributed by atoms with Gasteiger partial charge in [0.25, 0.3) is 0 Å². The van der Waals surface area contributed by atoms with E-state index in [2.05, 4.69) is 18.2 Å². The van der Waals surface area contributed by atoms with E-state index >= 15 is 0 Å². The highest BCUT2D eigenvalue weighted by molar-refractivity contribution is 6.31. The summed E-state index contributed by atoms with van der Waals surface area (Å²) in [5, 5.41) is 4.16. The second-order valence-electron chi connectivity index (χ2n) is 4.47. The zero-order chi connectivity index (χ0) is 13.5. The fraction of sp³-hybridized carbons (Fsp3) is 0.467. The van der Waals surface area contributed by atoms with Crippen molar-refractivity contribution in [3.05, 3.63) is 34.3 Å². The molecule has 0 aliphatic carbocycles. The average molecular weight is 265 g/mol. The quantitative estimate of drug-likeness (QED) is 0.775. The van der Waals surface area contributed by atoms with Crippen LogP contribution in [0.4, 0.5) is 0 Å². The van der Waals surface area contributed by atoms with E-state index in [-0.39, 0.29) is 12.1 Å². The molecule has 3 heteroatoms. The van der Waals surface area contributed by atoms with E-state index in [4.69, 9.17) is 23.8 Å².